The lowest BCUT2D eigenvalue weighted by atomic mass is 10.2. The summed E-state index contributed by atoms with van der Waals surface area (Å²) in [6, 6.07) is -0.541. The van der Waals surface area contributed by atoms with Gasteiger partial charge in [0, 0.05) is 26.2 Å². The first kappa shape index (κ1) is 12.8. The molecule has 0 radical (unpaired) electrons. The van der Waals surface area contributed by atoms with Gasteiger partial charge in [-0.05, 0) is 19.8 Å². The van der Waals surface area contributed by atoms with Crippen molar-refractivity contribution in [2.24, 2.45) is 0 Å². The zero-order valence-corrected chi connectivity index (χ0v) is 10.7. The van der Waals surface area contributed by atoms with Crippen LogP contribution in [0.1, 0.15) is 19.8 Å². The molecular weight excluding hydrogens is 244 g/mol. The molecule has 1 heterocycles. The molecule has 1 unspecified atom stereocenters. The minimum absolute atomic E-state index is 0.175. The van der Waals surface area contributed by atoms with Gasteiger partial charge < -0.3 is 5.11 Å². The highest BCUT2D eigenvalue weighted by Crippen LogP contribution is 2.31. The molecule has 2 fully saturated rings. The van der Waals surface area contributed by atoms with Gasteiger partial charge in [-0.3, -0.25) is 9.69 Å². The predicted octanol–water partition coefficient (Wildman–Crippen LogP) is -0.431. The highest BCUT2D eigenvalue weighted by Gasteiger charge is 2.41. The molecule has 98 valence electrons. The fraction of sp³-hybridized carbons (Fsp3) is 0.900. The van der Waals surface area contributed by atoms with Crippen LogP contribution >= 0.6 is 0 Å². The van der Waals surface area contributed by atoms with E-state index >= 15 is 0 Å². The Morgan fingerprint density at radius 2 is 1.76 bits per heavy atom. The SMILES string of the molecule is CC(C(=O)O)N1CCN(S(=O)(=O)C2CC2)CC1. The summed E-state index contributed by atoms with van der Waals surface area (Å²) >= 11 is 0. The molecule has 1 saturated heterocycles. The maximum atomic E-state index is 11.9. The lowest BCUT2D eigenvalue weighted by molar-refractivity contribution is -0.143. The molecule has 0 amide bonds. The molecule has 1 atom stereocenters. The second-order valence-electron chi connectivity index (χ2n) is 4.69. The molecule has 1 aliphatic heterocycles. The molecule has 17 heavy (non-hydrogen) atoms. The van der Waals surface area contributed by atoms with Crippen molar-refractivity contribution in [3.8, 4) is 0 Å². The van der Waals surface area contributed by atoms with Crippen molar-refractivity contribution in [2.75, 3.05) is 26.2 Å². The Morgan fingerprint density at radius 1 is 1.24 bits per heavy atom. The fourth-order valence-electron chi connectivity index (χ4n) is 2.08. The van der Waals surface area contributed by atoms with Gasteiger partial charge in [0.05, 0.1) is 5.25 Å². The Morgan fingerprint density at radius 3 is 2.18 bits per heavy atom. The minimum Gasteiger partial charge on any atom is -0.480 e. The van der Waals surface area contributed by atoms with Crippen molar-refractivity contribution in [2.45, 2.75) is 31.1 Å². The van der Waals surface area contributed by atoms with Crippen LogP contribution in [-0.4, -0.2) is 66.2 Å². The summed E-state index contributed by atoms with van der Waals surface area (Å²) in [6.07, 6.45) is 1.54. The van der Waals surface area contributed by atoms with Crippen LogP contribution in [-0.2, 0) is 14.8 Å². The second kappa shape index (κ2) is 4.55. The number of nitrogens with zero attached hydrogens (tertiary/aromatic N) is 2. The first-order chi connectivity index (χ1) is 7.93. The van der Waals surface area contributed by atoms with Crippen LogP contribution in [0.5, 0.6) is 0 Å². The van der Waals surface area contributed by atoms with Crippen molar-refractivity contribution in [1.82, 2.24) is 9.21 Å². The third-order valence-corrected chi connectivity index (χ3v) is 5.88. The topological polar surface area (TPSA) is 77.9 Å². The number of hydrogen-bond donors (Lipinski definition) is 1. The summed E-state index contributed by atoms with van der Waals surface area (Å²) in [5.74, 6) is -0.858. The Hall–Kier alpha value is -0.660. The van der Waals surface area contributed by atoms with E-state index in [0.29, 0.717) is 26.2 Å². The van der Waals surface area contributed by atoms with Crippen LogP contribution in [0.25, 0.3) is 0 Å². The van der Waals surface area contributed by atoms with Gasteiger partial charge in [-0.15, -0.1) is 0 Å². The summed E-state index contributed by atoms with van der Waals surface area (Å²) in [6.45, 7) is 3.46. The van der Waals surface area contributed by atoms with E-state index in [9.17, 15) is 13.2 Å². The molecule has 2 rings (SSSR count). The zero-order chi connectivity index (χ0) is 12.6. The van der Waals surface area contributed by atoms with Crippen molar-refractivity contribution in [3.05, 3.63) is 0 Å². The molecule has 0 aromatic heterocycles. The van der Waals surface area contributed by atoms with Crippen LogP contribution in [0.15, 0.2) is 0 Å². The summed E-state index contributed by atoms with van der Waals surface area (Å²) in [4.78, 5) is 12.6. The normalized spacial score (nSPS) is 25.7. The largest absolute Gasteiger partial charge is 0.480 e. The number of hydrogen-bond acceptors (Lipinski definition) is 4. The van der Waals surface area contributed by atoms with E-state index < -0.39 is 22.0 Å². The van der Waals surface area contributed by atoms with Gasteiger partial charge in [0.25, 0.3) is 0 Å². The maximum Gasteiger partial charge on any atom is 0.320 e. The van der Waals surface area contributed by atoms with Crippen molar-refractivity contribution in [3.63, 3.8) is 0 Å². The van der Waals surface area contributed by atoms with E-state index in [1.54, 1.807) is 11.8 Å². The number of rotatable bonds is 4. The highest BCUT2D eigenvalue weighted by atomic mass is 32.2. The van der Waals surface area contributed by atoms with Crippen LogP contribution in [0.2, 0.25) is 0 Å². The molecule has 0 aromatic rings. The molecule has 1 aliphatic carbocycles. The molecule has 2 aliphatic rings. The average Bonchev–Trinajstić information content (AvgIpc) is 3.12. The summed E-state index contributed by atoms with van der Waals surface area (Å²) < 4.78 is 25.4. The number of aliphatic carboxylic acids is 1. The van der Waals surface area contributed by atoms with E-state index in [0.717, 1.165) is 12.8 Å². The molecule has 1 N–H and O–H groups in total. The van der Waals surface area contributed by atoms with Gasteiger partial charge in [-0.25, -0.2) is 8.42 Å². The summed E-state index contributed by atoms with van der Waals surface area (Å²) in [5.41, 5.74) is 0. The van der Waals surface area contributed by atoms with Crippen LogP contribution < -0.4 is 0 Å². The predicted molar refractivity (Wildman–Crippen MR) is 62.2 cm³/mol. The van der Waals surface area contributed by atoms with E-state index in [1.807, 2.05) is 0 Å². The number of carboxylic acids is 1. The van der Waals surface area contributed by atoms with Gasteiger partial charge in [-0.2, -0.15) is 4.31 Å². The number of sulfonamides is 1. The quantitative estimate of drug-likeness (QED) is 0.744. The van der Waals surface area contributed by atoms with Gasteiger partial charge in [-0.1, -0.05) is 0 Å². The Labute approximate surface area is 101 Å². The summed E-state index contributed by atoms with van der Waals surface area (Å²) in [7, 11) is -3.10. The smallest absolute Gasteiger partial charge is 0.320 e. The molecule has 7 heteroatoms. The van der Waals surface area contributed by atoms with Gasteiger partial charge in [0.2, 0.25) is 10.0 Å². The Balaban J connectivity index is 1.92. The third-order valence-electron chi connectivity index (χ3n) is 3.48. The van der Waals surface area contributed by atoms with Crippen molar-refractivity contribution < 1.29 is 18.3 Å². The lowest BCUT2D eigenvalue weighted by Crippen LogP contribution is -2.53. The molecular formula is C10H18N2O4S. The average molecular weight is 262 g/mol. The third kappa shape index (κ3) is 2.61. The Kier molecular flexibility index (Phi) is 3.42. The van der Waals surface area contributed by atoms with Crippen molar-refractivity contribution >= 4 is 16.0 Å². The van der Waals surface area contributed by atoms with Gasteiger partial charge in [0.1, 0.15) is 6.04 Å². The number of piperazine rings is 1. The number of carbonyl (C=O) groups is 1. The molecule has 0 aromatic carbocycles. The van der Waals surface area contributed by atoms with E-state index in [-0.39, 0.29) is 5.25 Å². The monoisotopic (exact) mass is 262 g/mol. The summed E-state index contributed by atoms with van der Waals surface area (Å²) in [5, 5.41) is 8.71. The highest BCUT2D eigenvalue weighted by molar-refractivity contribution is 7.90. The number of carboxylic acid groups (broad SMARTS) is 1. The maximum absolute atomic E-state index is 11.9. The zero-order valence-electron chi connectivity index (χ0n) is 9.87. The molecule has 6 nitrogen and oxygen atoms in total. The fourth-order valence-corrected chi connectivity index (χ4v) is 3.90. The Bertz CT molecular complexity index is 397. The van der Waals surface area contributed by atoms with Gasteiger partial charge in [0.15, 0.2) is 0 Å². The molecule has 0 spiro atoms. The van der Waals surface area contributed by atoms with E-state index in [1.165, 1.54) is 4.31 Å². The minimum atomic E-state index is -3.10. The van der Waals surface area contributed by atoms with E-state index in [2.05, 4.69) is 0 Å². The van der Waals surface area contributed by atoms with Crippen molar-refractivity contribution in [1.29, 1.82) is 0 Å². The first-order valence-corrected chi connectivity index (χ1v) is 7.39. The van der Waals surface area contributed by atoms with E-state index in [4.69, 9.17) is 5.11 Å². The molecule has 1 saturated carbocycles. The van der Waals surface area contributed by atoms with Crippen LogP contribution in [0.4, 0.5) is 0 Å². The lowest BCUT2D eigenvalue weighted by Gasteiger charge is -2.35. The van der Waals surface area contributed by atoms with Gasteiger partial charge >= 0.3 is 5.97 Å². The first-order valence-electron chi connectivity index (χ1n) is 5.88. The molecule has 0 bridgehead atoms. The van der Waals surface area contributed by atoms with Crippen LogP contribution in [0, 0.1) is 0 Å². The standard InChI is InChI=1S/C10H18N2O4S/c1-8(10(13)14)11-4-6-12(7-5-11)17(15,16)9-2-3-9/h8-9H,2-7H2,1H3,(H,13,14). The second-order valence-corrected chi connectivity index (χ2v) is 6.91. The van der Waals surface area contributed by atoms with Crippen LogP contribution in [0.3, 0.4) is 0 Å².